The van der Waals surface area contributed by atoms with Crippen molar-refractivity contribution in [3.63, 3.8) is 0 Å². The molecule has 4 aromatic rings. The number of benzene rings is 3. The number of esters is 1. The maximum absolute atomic E-state index is 13.6. The Bertz CT molecular complexity index is 1580. The zero-order valence-corrected chi connectivity index (χ0v) is 20.4. The molecule has 0 spiro atoms. The molecule has 37 heavy (non-hydrogen) atoms. The third-order valence-electron chi connectivity index (χ3n) is 6.43. The second kappa shape index (κ2) is 9.39. The molecule has 0 fully saturated rings. The molecule has 0 saturated heterocycles. The molecule has 0 saturated carbocycles. The Morgan fingerprint density at radius 1 is 0.946 bits per heavy atom. The van der Waals surface area contributed by atoms with Gasteiger partial charge in [-0.3, -0.25) is 19.3 Å². The number of amides is 2. The van der Waals surface area contributed by atoms with Crippen LogP contribution in [0.1, 0.15) is 40.1 Å². The van der Waals surface area contributed by atoms with E-state index < -0.39 is 29.3 Å². The smallest absolute Gasteiger partial charge is 0.334 e. The van der Waals surface area contributed by atoms with Crippen molar-refractivity contribution in [3.8, 4) is 22.8 Å². The van der Waals surface area contributed by atoms with Gasteiger partial charge in [-0.1, -0.05) is 25.1 Å². The van der Waals surface area contributed by atoms with Gasteiger partial charge in [0.05, 0.1) is 23.6 Å². The first-order chi connectivity index (χ1) is 17.8. The molecule has 8 nitrogen and oxygen atoms in total. The van der Waals surface area contributed by atoms with Crippen LogP contribution >= 0.6 is 0 Å². The molecule has 0 aliphatic carbocycles. The molecular formula is C29H23NO7. The first-order valence-electron chi connectivity index (χ1n) is 11.8. The summed E-state index contributed by atoms with van der Waals surface area (Å²) < 4.78 is 16.9. The highest BCUT2D eigenvalue weighted by molar-refractivity contribution is 6.22. The van der Waals surface area contributed by atoms with E-state index in [9.17, 15) is 19.2 Å². The predicted molar refractivity (Wildman–Crippen MR) is 136 cm³/mol. The zero-order valence-electron chi connectivity index (χ0n) is 20.4. The van der Waals surface area contributed by atoms with Gasteiger partial charge >= 0.3 is 5.97 Å². The summed E-state index contributed by atoms with van der Waals surface area (Å²) in [5.74, 6) is -1.82. The fourth-order valence-corrected chi connectivity index (χ4v) is 4.32. The molecule has 3 aromatic carbocycles. The van der Waals surface area contributed by atoms with E-state index in [0.717, 1.165) is 10.5 Å². The van der Waals surface area contributed by atoms with Crippen molar-refractivity contribution in [1.82, 2.24) is 4.90 Å². The van der Waals surface area contributed by atoms with Crippen molar-refractivity contribution in [2.24, 2.45) is 0 Å². The van der Waals surface area contributed by atoms with Gasteiger partial charge in [0.15, 0.2) is 5.76 Å². The maximum atomic E-state index is 13.6. The Morgan fingerprint density at radius 3 is 2.19 bits per heavy atom. The van der Waals surface area contributed by atoms with Gasteiger partial charge in [-0.05, 0) is 67.4 Å². The number of ether oxygens (including phenoxy) is 2. The Kier molecular flexibility index (Phi) is 6.09. The molecule has 2 amide bonds. The molecule has 5 rings (SSSR count). The Balaban J connectivity index is 1.57. The predicted octanol–water partition coefficient (Wildman–Crippen LogP) is 4.62. The van der Waals surface area contributed by atoms with Crippen LogP contribution in [0.5, 0.6) is 11.5 Å². The summed E-state index contributed by atoms with van der Waals surface area (Å²) in [5, 5.41) is 0.257. The molecule has 1 atom stereocenters. The highest BCUT2D eigenvalue weighted by Crippen LogP contribution is 2.33. The van der Waals surface area contributed by atoms with Crippen molar-refractivity contribution in [3.05, 3.63) is 93.6 Å². The van der Waals surface area contributed by atoms with Crippen LogP contribution in [0.3, 0.4) is 0 Å². The molecule has 1 aliphatic heterocycles. The van der Waals surface area contributed by atoms with E-state index in [1.807, 2.05) is 13.0 Å². The van der Waals surface area contributed by atoms with E-state index in [0.29, 0.717) is 23.3 Å². The summed E-state index contributed by atoms with van der Waals surface area (Å²) in [6, 6.07) is 17.0. The molecule has 0 bridgehead atoms. The van der Waals surface area contributed by atoms with Crippen molar-refractivity contribution < 1.29 is 28.3 Å². The number of carbonyl (C=O) groups is 3. The number of aryl methyl sites for hydroxylation is 1. The van der Waals surface area contributed by atoms with Gasteiger partial charge in [0.1, 0.15) is 17.4 Å². The highest BCUT2D eigenvalue weighted by atomic mass is 16.5. The van der Waals surface area contributed by atoms with E-state index in [2.05, 4.69) is 0 Å². The van der Waals surface area contributed by atoms with Crippen LogP contribution in [-0.2, 0) is 11.2 Å². The quantitative estimate of drug-likeness (QED) is 0.283. The number of hydrogen-bond acceptors (Lipinski definition) is 7. The Labute approximate surface area is 212 Å². The molecule has 0 N–H and O–H groups in total. The van der Waals surface area contributed by atoms with Crippen LogP contribution in [0.2, 0.25) is 0 Å². The van der Waals surface area contributed by atoms with Crippen LogP contribution in [-0.4, -0.2) is 35.8 Å². The topological polar surface area (TPSA) is 103 Å². The lowest BCUT2D eigenvalue weighted by Crippen LogP contribution is -2.45. The van der Waals surface area contributed by atoms with Crippen molar-refractivity contribution in [2.45, 2.75) is 26.3 Å². The lowest BCUT2D eigenvalue weighted by atomic mass is 10.1. The SMILES string of the molecule is CCc1ccc2oc(-c3ccc(OC)cc3)c(OC(=O)C(C)N3C(=O)c4ccccc4C3=O)c(=O)c2c1. The number of nitrogens with zero attached hydrogens (tertiary/aromatic N) is 1. The minimum Gasteiger partial charge on any atom is -0.497 e. The lowest BCUT2D eigenvalue weighted by Gasteiger charge is -2.21. The molecular weight excluding hydrogens is 474 g/mol. The van der Waals surface area contributed by atoms with E-state index in [4.69, 9.17) is 13.9 Å². The third-order valence-corrected chi connectivity index (χ3v) is 6.43. The average Bonchev–Trinajstić information content (AvgIpc) is 3.19. The van der Waals surface area contributed by atoms with E-state index >= 15 is 0 Å². The minimum atomic E-state index is -1.28. The molecule has 1 aliphatic rings. The number of fused-ring (bicyclic) bond motifs is 2. The summed E-state index contributed by atoms with van der Waals surface area (Å²) in [7, 11) is 1.53. The van der Waals surface area contributed by atoms with Crippen LogP contribution < -0.4 is 14.9 Å². The minimum absolute atomic E-state index is 0.0484. The van der Waals surface area contributed by atoms with Crippen LogP contribution in [0.25, 0.3) is 22.3 Å². The van der Waals surface area contributed by atoms with Gasteiger partial charge < -0.3 is 13.9 Å². The van der Waals surface area contributed by atoms with Gasteiger partial charge in [0.25, 0.3) is 11.8 Å². The normalized spacial score (nSPS) is 13.5. The second-order valence-corrected chi connectivity index (χ2v) is 8.62. The van der Waals surface area contributed by atoms with E-state index in [-0.39, 0.29) is 28.0 Å². The van der Waals surface area contributed by atoms with Crippen molar-refractivity contribution in [1.29, 1.82) is 0 Å². The highest BCUT2D eigenvalue weighted by Gasteiger charge is 2.41. The standard InChI is InChI=1S/C29H23NO7/c1-4-17-9-14-23-22(15-17)24(31)26(25(36-23)18-10-12-19(35-3)13-11-18)37-29(34)16(2)30-27(32)20-7-5-6-8-21(20)28(30)33/h5-16H,4H2,1-3H3. The maximum Gasteiger partial charge on any atom is 0.334 e. The van der Waals surface area contributed by atoms with Crippen LogP contribution in [0, 0.1) is 0 Å². The fraction of sp³-hybridized carbons (Fsp3) is 0.172. The lowest BCUT2D eigenvalue weighted by molar-refractivity contribution is -0.138. The van der Waals surface area contributed by atoms with Gasteiger partial charge in [0.2, 0.25) is 11.2 Å². The third kappa shape index (κ3) is 4.06. The molecule has 2 heterocycles. The molecule has 0 radical (unpaired) electrons. The molecule has 186 valence electrons. The fourth-order valence-electron chi connectivity index (χ4n) is 4.32. The summed E-state index contributed by atoms with van der Waals surface area (Å²) >= 11 is 0. The summed E-state index contributed by atoms with van der Waals surface area (Å²) in [6.07, 6.45) is 0.696. The Hall–Kier alpha value is -4.72. The monoisotopic (exact) mass is 497 g/mol. The number of carbonyl (C=O) groups excluding carboxylic acids is 3. The Morgan fingerprint density at radius 2 is 1.59 bits per heavy atom. The van der Waals surface area contributed by atoms with Crippen molar-refractivity contribution >= 4 is 28.8 Å². The summed E-state index contributed by atoms with van der Waals surface area (Å²) in [6.45, 7) is 3.34. The van der Waals surface area contributed by atoms with Gasteiger partial charge in [-0.2, -0.15) is 0 Å². The number of methoxy groups -OCH3 is 1. The second-order valence-electron chi connectivity index (χ2n) is 8.62. The van der Waals surface area contributed by atoms with Crippen molar-refractivity contribution in [2.75, 3.05) is 7.11 Å². The zero-order chi connectivity index (χ0) is 26.3. The number of rotatable bonds is 6. The first-order valence-corrected chi connectivity index (χ1v) is 11.8. The van der Waals surface area contributed by atoms with Gasteiger partial charge in [-0.15, -0.1) is 0 Å². The van der Waals surface area contributed by atoms with Crippen LogP contribution in [0.4, 0.5) is 0 Å². The van der Waals surface area contributed by atoms with Gasteiger partial charge in [0, 0.05) is 5.56 Å². The molecule has 1 unspecified atom stereocenters. The molecule has 1 aromatic heterocycles. The largest absolute Gasteiger partial charge is 0.497 e. The van der Waals surface area contributed by atoms with Gasteiger partial charge in [-0.25, -0.2) is 4.79 Å². The van der Waals surface area contributed by atoms with E-state index in [1.165, 1.54) is 26.2 Å². The van der Waals surface area contributed by atoms with E-state index in [1.54, 1.807) is 48.5 Å². The number of hydrogen-bond donors (Lipinski definition) is 0. The summed E-state index contributed by atoms with van der Waals surface area (Å²) in [5.41, 5.74) is 1.61. The summed E-state index contributed by atoms with van der Waals surface area (Å²) in [4.78, 5) is 53.4. The van der Waals surface area contributed by atoms with Crippen LogP contribution in [0.15, 0.2) is 75.9 Å². The first kappa shape index (κ1) is 24.0. The molecule has 8 heteroatoms. The average molecular weight is 498 g/mol. The number of imide groups is 1.